The van der Waals surface area contributed by atoms with Crippen molar-refractivity contribution in [3.8, 4) is 0 Å². The summed E-state index contributed by atoms with van der Waals surface area (Å²) in [5, 5.41) is 9.94. The maximum absolute atomic E-state index is 9.94. The van der Waals surface area contributed by atoms with Crippen molar-refractivity contribution in [1.82, 2.24) is 0 Å². The topological polar surface area (TPSA) is 29.5 Å². The molecule has 82 valence electrons. The van der Waals surface area contributed by atoms with Crippen LogP contribution in [0.3, 0.4) is 0 Å². The molecule has 0 aliphatic carbocycles. The van der Waals surface area contributed by atoms with Crippen molar-refractivity contribution in [2.24, 2.45) is 5.92 Å². The van der Waals surface area contributed by atoms with Gasteiger partial charge in [0.25, 0.3) is 0 Å². The van der Waals surface area contributed by atoms with Gasteiger partial charge < -0.3 is 9.84 Å². The number of rotatable bonds is 6. The zero-order chi connectivity index (χ0) is 10.6. The average molecular weight is 198 g/mol. The minimum Gasteiger partial charge on any atom is -0.393 e. The maximum Gasteiger partial charge on any atom is 0.0834 e. The molecular formula is C12H22O2. The molecule has 14 heavy (non-hydrogen) atoms. The van der Waals surface area contributed by atoms with Gasteiger partial charge in [0.1, 0.15) is 0 Å². The molecule has 4 atom stereocenters. The van der Waals surface area contributed by atoms with Gasteiger partial charge in [0.2, 0.25) is 0 Å². The normalized spacial score (nSPS) is 33.5. The van der Waals surface area contributed by atoms with E-state index in [1.807, 2.05) is 6.92 Å². The molecule has 1 N–H and O–H groups in total. The zero-order valence-corrected chi connectivity index (χ0v) is 9.28. The Kier molecular flexibility index (Phi) is 4.63. The highest BCUT2D eigenvalue weighted by Gasteiger charge is 2.41. The van der Waals surface area contributed by atoms with Gasteiger partial charge in [-0.3, -0.25) is 0 Å². The zero-order valence-electron chi connectivity index (χ0n) is 9.28. The predicted molar refractivity (Wildman–Crippen MR) is 58.2 cm³/mol. The van der Waals surface area contributed by atoms with Gasteiger partial charge in [0, 0.05) is 5.92 Å². The first-order valence-corrected chi connectivity index (χ1v) is 5.66. The number of ether oxygens (including phenoxy) is 1. The van der Waals surface area contributed by atoms with Gasteiger partial charge in [-0.25, -0.2) is 0 Å². The molecule has 0 radical (unpaired) electrons. The molecule has 1 heterocycles. The fourth-order valence-electron chi connectivity index (χ4n) is 2.15. The molecular weight excluding hydrogens is 176 g/mol. The molecule has 1 fully saturated rings. The summed E-state index contributed by atoms with van der Waals surface area (Å²) in [7, 11) is 0. The fourth-order valence-corrected chi connectivity index (χ4v) is 2.15. The second-order valence-electron chi connectivity index (χ2n) is 4.18. The van der Waals surface area contributed by atoms with Crippen molar-refractivity contribution in [3.05, 3.63) is 12.7 Å². The number of unbranched alkanes of at least 4 members (excludes halogenated alkanes) is 2. The van der Waals surface area contributed by atoms with Gasteiger partial charge >= 0.3 is 0 Å². The lowest BCUT2D eigenvalue weighted by molar-refractivity contribution is -0.188. The van der Waals surface area contributed by atoms with Crippen molar-refractivity contribution < 1.29 is 9.84 Å². The number of hydrogen-bond acceptors (Lipinski definition) is 2. The highest BCUT2D eigenvalue weighted by Crippen LogP contribution is 2.33. The van der Waals surface area contributed by atoms with Gasteiger partial charge in [0.15, 0.2) is 0 Å². The lowest BCUT2D eigenvalue weighted by Gasteiger charge is -2.44. The first kappa shape index (κ1) is 11.7. The summed E-state index contributed by atoms with van der Waals surface area (Å²) < 4.78 is 5.45. The van der Waals surface area contributed by atoms with E-state index < -0.39 is 0 Å². The van der Waals surface area contributed by atoms with E-state index >= 15 is 0 Å². The van der Waals surface area contributed by atoms with Crippen LogP contribution in [-0.4, -0.2) is 23.4 Å². The summed E-state index contributed by atoms with van der Waals surface area (Å²) >= 11 is 0. The summed E-state index contributed by atoms with van der Waals surface area (Å²) in [5.41, 5.74) is 0. The van der Waals surface area contributed by atoms with Crippen LogP contribution in [0.5, 0.6) is 0 Å². The van der Waals surface area contributed by atoms with E-state index in [-0.39, 0.29) is 24.2 Å². The van der Waals surface area contributed by atoms with Crippen LogP contribution >= 0.6 is 0 Å². The molecule has 0 aromatic rings. The van der Waals surface area contributed by atoms with Gasteiger partial charge in [-0.1, -0.05) is 32.3 Å². The van der Waals surface area contributed by atoms with E-state index in [1.165, 1.54) is 12.8 Å². The summed E-state index contributed by atoms with van der Waals surface area (Å²) in [4.78, 5) is 0. The smallest absolute Gasteiger partial charge is 0.0834 e. The van der Waals surface area contributed by atoms with Gasteiger partial charge in [0.05, 0.1) is 18.3 Å². The molecule has 1 rings (SSSR count). The Morgan fingerprint density at radius 2 is 2.21 bits per heavy atom. The first-order valence-electron chi connectivity index (χ1n) is 5.66. The highest BCUT2D eigenvalue weighted by atomic mass is 16.5. The molecule has 0 bridgehead atoms. The SMILES string of the molecule is C=C[C@@H]1O[C@H](C)[C@H]1[C@H](O)CCCCC. The summed E-state index contributed by atoms with van der Waals surface area (Å²) in [6, 6.07) is 0. The quantitative estimate of drug-likeness (QED) is 0.525. The second-order valence-corrected chi connectivity index (χ2v) is 4.18. The molecule has 0 amide bonds. The minimum atomic E-state index is -0.215. The Hall–Kier alpha value is -0.340. The third-order valence-corrected chi connectivity index (χ3v) is 3.07. The Morgan fingerprint density at radius 1 is 1.50 bits per heavy atom. The molecule has 0 aromatic carbocycles. The van der Waals surface area contributed by atoms with Crippen molar-refractivity contribution >= 4 is 0 Å². The van der Waals surface area contributed by atoms with Crippen LogP contribution in [0.1, 0.15) is 39.5 Å². The first-order chi connectivity index (χ1) is 6.70. The number of aliphatic hydroxyl groups is 1. The van der Waals surface area contributed by atoms with Crippen LogP contribution < -0.4 is 0 Å². The van der Waals surface area contributed by atoms with E-state index in [9.17, 15) is 5.11 Å². The molecule has 0 unspecified atom stereocenters. The fraction of sp³-hybridized carbons (Fsp3) is 0.833. The molecule has 2 nitrogen and oxygen atoms in total. The van der Waals surface area contributed by atoms with E-state index in [2.05, 4.69) is 13.5 Å². The average Bonchev–Trinajstić information content (AvgIpc) is 2.14. The summed E-state index contributed by atoms with van der Waals surface area (Å²) in [6.07, 6.45) is 6.27. The Labute approximate surface area is 87.0 Å². The third kappa shape index (κ3) is 2.58. The van der Waals surface area contributed by atoms with Gasteiger partial charge in [-0.2, -0.15) is 0 Å². The molecule has 0 saturated carbocycles. The molecule has 1 saturated heterocycles. The Bertz CT molecular complexity index is 179. The van der Waals surface area contributed by atoms with E-state index in [0.717, 1.165) is 12.8 Å². The summed E-state index contributed by atoms with van der Waals surface area (Å²) in [5.74, 6) is 0.268. The van der Waals surface area contributed by atoms with Crippen LogP contribution in [0, 0.1) is 5.92 Å². The largest absolute Gasteiger partial charge is 0.393 e. The predicted octanol–water partition coefficient (Wildman–Crippen LogP) is 2.52. The Balaban J connectivity index is 2.28. The van der Waals surface area contributed by atoms with Crippen molar-refractivity contribution in [2.45, 2.75) is 57.8 Å². The van der Waals surface area contributed by atoms with Crippen LogP contribution in [0.25, 0.3) is 0 Å². The van der Waals surface area contributed by atoms with Crippen LogP contribution in [0.15, 0.2) is 12.7 Å². The standard InChI is InChI=1S/C12H22O2/c1-4-6-7-8-10(13)12-9(3)14-11(12)5-2/h5,9-13H,2,4,6-8H2,1,3H3/t9-,10-,11+,12+/m1/s1. The van der Waals surface area contributed by atoms with Crippen molar-refractivity contribution in [3.63, 3.8) is 0 Å². The summed E-state index contributed by atoms with van der Waals surface area (Å²) in [6.45, 7) is 7.91. The van der Waals surface area contributed by atoms with Crippen LogP contribution in [-0.2, 0) is 4.74 Å². The Morgan fingerprint density at radius 3 is 2.71 bits per heavy atom. The lowest BCUT2D eigenvalue weighted by atomic mass is 9.83. The van der Waals surface area contributed by atoms with Crippen LogP contribution in [0.4, 0.5) is 0 Å². The van der Waals surface area contributed by atoms with E-state index in [1.54, 1.807) is 6.08 Å². The molecule has 0 spiro atoms. The van der Waals surface area contributed by atoms with E-state index in [0.29, 0.717) is 0 Å². The number of aliphatic hydroxyl groups excluding tert-OH is 1. The number of hydrogen-bond donors (Lipinski definition) is 1. The van der Waals surface area contributed by atoms with Crippen molar-refractivity contribution in [2.75, 3.05) is 0 Å². The molecule has 1 aliphatic heterocycles. The maximum atomic E-state index is 9.94. The monoisotopic (exact) mass is 198 g/mol. The second kappa shape index (κ2) is 5.52. The lowest BCUT2D eigenvalue weighted by Crippen LogP contribution is -2.52. The molecule has 1 aliphatic rings. The van der Waals surface area contributed by atoms with E-state index in [4.69, 9.17) is 4.74 Å². The van der Waals surface area contributed by atoms with Gasteiger partial charge in [-0.15, -0.1) is 6.58 Å². The van der Waals surface area contributed by atoms with Crippen LogP contribution in [0.2, 0.25) is 0 Å². The molecule has 2 heteroatoms. The highest BCUT2D eigenvalue weighted by molar-refractivity contribution is 4.99. The third-order valence-electron chi connectivity index (χ3n) is 3.07. The molecule has 0 aromatic heterocycles. The van der Waals surface area contributed by atoms with Crippen molar-refractivity contribution in [1.29, 1.82) is 0 Å². The van der Waals surface area contributed by atoms with Gasteiger partial charge in [-0.05, 0) is 13.3 Å². The minimum absolute atomic E-state index is 0.0710.